The molecule has 0 amide bonds. The van der Waals surface area contributed by atoms with Gasteiger partial charge in [0.1, 0.15) is 5.76 Å². The first-order valence-electron chi connectivity index (χ1n) is 11.7. The second-order valence-electron chi connectivity index (χ2n) is 9.24. The van der Waals surface area contributed by atoms with Crippen LogP contribution >= 0.6 is 12.4 Å². The molecular weight excluding hydrogens is 446 g/mol. The Labute approximate surface area is 205 Å². The SMILES string of the molecule is CC(C)N1CCN(Cc2cnc(-c3cc(-c4cccc5[nH]ccc45)cc4[nH]ccc34)o2)CC1.Cl. The number of fused-ring (bicyclic) bond motifs is 2. The lowest BCUT2D eigenvalue weighted by molar-refractivity contribution is 0.0992. The van der Waals surface area contributed by atoms with E-state index in [1.165, 1.54) is 10.9 Å². The van der Waals surface area contributed by atoms with Crippen molar-refractivity contribution in [3.63, 3.8) is 0 Å². The summed E-state index contributed by atoms with van der Waals surface area (Å²) in [4.78, 5) is 16.4. The number of piperazine rings is 1. The number of halogens is 1. The van der Waals surface area contributed by atoms with Gasteiger partial charge in [-0.05, 0) is 55.3 Å². The van der Waals surface area contributed by atoms with E-state index in [2.05, 4.69) is 81.1 Å². The fraction of sp³-hybridized carbons (Fsp3) is 0.296. The number of nitrogens with zero attached hydrogens (tertiary/aromatic N) is 3. The van der Waals surface area contributed by atoms with Gasteiger partial charge in [-0.15, -0.1) is 12.4 Å². The van der Waals surface area contributed by atoms with Crippen LogP contribution in [0.1, 0.15) is 19.6 Å². The summed E-state index contributed by atoms with van der Waals surface area (Å²) in [5.41, 5.74) is 5.58. The van der Waals surface area contributed by atoms with Crippen LogP contribution in [-0.2, 0) is 6.54 Å². The third-order valence-electron chi connectivity index (χ3n) is 6.88. The summed E-state index contributed by atoms with van der Waals surface area (Å²) in [5, 5.41) is 2.34. The maximum Gasteiger partial charge on any atom is 0.227 e. The largest absolute Gasteiger partial charge is 0.440 e. The monoisotopic (exact) mass is 475 g/mol. The molecule has 176 valence electrons. The fourth-order valence-electron chi connectivity index (χ4n) is 5.00. The molecule has 2 N–H and O–H groups in total. The van der Waals surface area contributed by atoms with E-state index in [9.17, 15) is 0 Å². The lowest BCUT2D eigenvalue weighted by Gasteiger charge is -2.36. The summed E-state index contributed by atoms with van der Waals surface area (Å²) in [7, 11) is 0. The van der Waals surface area contributed by atoms with Gasteiger partial charge in [-0.3, -0.25) is 9.80 Å². The minimum absolute atomic E-state index is 0. The third-order valence-corrected chi connectivity index (χ3v) is 6.88. The summed E-state index contributed by atoms with van der Waals surface area (Å²) < 4.78 is 6.30. The Morgan fingerprint density at radius 3 is 2.41 bits per heavy atom. The number of hydrogen-bond donors (Lipinski definition) is 2. The average Bonchev–Trinajstić information content (AvgIpc) is 3.59. The zero-order valence-electron chi connectivity index (χ0n) is 19.5. The van der Waals surface area contributed by atoms with Crippen LogP contribution in [0.15, 0.2) is 65.5 Å². The van der Waals surface area contributed by atoms with Crippen molar-refractivity contribution in [2.24, 2.45) is 0 Å². The van der Waals surface area contributed by atoms with Gasteiger partial charge >= 0.3 is 0 Å². The van der Waals surface area contributed by atoms with Crippen LogP contribution in [0, 0.1) is 0 Å². The van der Waals surface area contributed by atoms with Crippen LogP contribution in [0.5, 0.6) is 0 Å². The lowest BCUT2D eigenvalue weighted by Crippen LogP contribution is -2.48. The summed E-state index contributed by atoms with van der Waals surface area (Å²) in [6.07, 6.45) is 5.86. The molecule has 6 nitrogen and oxygen atoms in total. The van der Waals surface area contributed by atoms with Crippen LogP contribution in [-0.4, -0.2) is 57.0 Å². The van der Waals surface area contributed by atoms with Crippen molar-refractivity contribution in [3.05, 3.63) is 66.8 Å². The molecule has 6 rings (SSSR count). The molecule has 1 saturated heterocycles. The van der Waals surface area contributed by atoms with Gasteiger partial charge in [0.2, 0.25) is 5.89 Å². The summed E-state index contributed by atoms with van der Waals surface area (Å²) in [6.45, 7) is 9.68. The molecular formula is C27H30ClN5O. The van der Waals surface area contributed by atoms with E-state index in [0.29, 0.717) is 11.9 Å². The molecule has 0 unspecified atom stereocenters. The van der Waals surface area contributed by atoms with Crippen molar-refractivity contribution in [1.82, 2.24) is 24.8 Å². The smallest absolute Gasteiger partial charge is 0.227 e. The van der Waals surface area contributed by atoms with Gasteiger partial charge in [0.25, 0.3) is 0 Å². The standard InChI is InChI=1S/C27H29N5O.ClH/c1-18(2)32-12-10-31(11-13-32)17-20-16-30-27(33-20)24-14-19(15-26-23(24)7-9-29-26)21-4-3-5-25-22(21)6-8-28-25;/h3-9,14-16,18,28-29H,10-13,17H2,1-2H3;1H. The molecule has 2 aromatic carbocycles. The summed E-state index contributed by atoms with van der Waals surface area (Å²) in [5.74, 6) is 1.60. The first-order valence-corrected chi connectivity index (χ1v) is 11.7. The predicted molar refractivity (Wildman–Crippen MR) is 140 cm³/mol. The van der Waals surface area contributed by atoms with E-state index in [4.69, 9.17) is 4.42 Å². The Kier molecular flexibility index (Phi) is 6.21. The average molecular weight is 476 g/mol. The van der Waals surface area contributed by atoms with Gasteiger partial charge < -0.3 is 14.4 Å². The highest BCUT2D eigenvalue weighted by molar-refractivity contribution is 6.01. The number of aromatic amines is 2. The minimum Gasteiger partial charge on any atom is -0.440 e. The van der Waals surface area contributed by atoms with E-state index >= 15 is 0 Å². The van der Waals surface area contributed by atoms with Gasteiger partial charge in [-0.2, -0.15) is 0 Å². The van der Waals surface area contributed by atoms with Gasteiger partial charge in [-0.25, -0.2) is 4.98 Å². The number of oxazole rings is 1. The molecule has 1 aliphatic heterocycles. The highest BCUT2D eigenvalue weighted by Gasteiger charge is 2.21. The molecule has 1 aliphatic rings. The number of hydrogen-bond acceptors (Lipinski definition) is 4. The number of aromatic nitrogens is 3. The zero-order chi connectivity index (χ0) is 22.4. The molecule has 0 aliphatic carbocycles. The topological polar surface area (TPSA) is 64.1 Å². The maximum absolute atomic E-state index is 6.30. The number of benzene rings is 2. The molecule has 34 heavy (non-hydrogen) atoms. The first kappa shape index (κ1) is 22.7. The van der Waals surface area contributed by atoms with Crippen molar-refractivity contribution >= 4 is 34.2 Å². The molecule has 0 radical (unpaired) electrons. The van der Waals surface area contributed by atoms with Crippen LogP contribution < -0.4 is 0 Å². The molecule has 5 aromatic rings. The van der Waals surface area contributed by atoms with Crippen molar-refractivity contribution in [2.45, 2.75) is 26.4 Å². The van der Waals surface area contributed by atoms with Gasteiger partial charge in [-0.1, -0.05) is 12.1 Å². The Morgan fingerprint density at radius 1 is 0.912 bits per heavy atom. The Morgan fingerprint density at radius 2 is 1.65 bits per heavy atom. The van der Waals surface area contributed by atoms with Crippen LogP contribution in [0.3, 0.4) is 0 Å². The second-order valence-corrected chi connectivity index (χ2v) is 9.24. The Balaban J connectivity index is 0.00000241. The van der Waals surface area contributed by atoms with E-state index in [-0.39, 0.29) is 12.4 Å². The van der Waals surface area contributed by atoms with E-state index in [1.807, 2.05) is 18.6 Å². The van der Waals surface area contributed by atoms with Crippen molar-refractivity contribution < 1.29 is 4.42 Å². The van der Waals surface area contributed by atoms with Crippen LogP contribution in [0.2, 0.25) is 0 Å². The first-order chi connectivity index (χ1) is 16.2. The van der Waals surface area contributed by atoms with Crippen LogP contribution in [0.25, 0.3) is 44.4 Å². The highest BCUT2D eigenvalue weighted by Crippen LogP contribution is 2.36. The Hall–Kier alpha value is -3.06. The number of nitrogens with one attached hydrogen (secondary N) is 2. The quantitative estimate of drug-likeness (QED) is 0.331. The van der Waals surface area contributed by atoms with E-state index in [1.54, 1.807) is 0 Å². The molecule has 7 heteroatoms. The normalized spacial score (nSPS) is 15.4. The molecule has 1 fully saturated rings. The molecule has 0 bridgehead atoms. The predicted octanol–water partition coefficient (Wildman–Crippen LogP) is 5.92. The van der Waals surface area contributed by atoms with E-state index in [0.717, 1.165) is 66.0 Å². The molecule has 0 spiro atoms. The van der Waals surface area contributed by atoms with Gasteiger partial charge in [0.15, 0.2) is 0 Å². The lowest BCUT2D eigenvalue weighted by atomic mass is 9.97. The van der Waals surface area contributed by atoms with Crippen molar-refractivity contribution in [1.29, 1.82) is 0 Å². The van der Waals surface area contributed by atoms with Crippen LogP contribution in [0.4, 0.5) is 0 Å². The highest BCUT2D eigenvalue weighted by atomic mass is 35.5. The molecule has 4 heterocycles. The molecule has 0 saturated carbocycles. The summed E-state index contributed by atoms with van der Waals surface area (Å²) in [6, 6.07) is 15.6. The maximum atomic E-state index is 6.30. The number of rotatable bonds is 5. The number of H-pyrrole nitrogens is 2. The summed E-state index contributed by atoms with van der Waals surface area (Å²) >= 11 is 0. The fourth-order valence-corrected chi connectivity index (χ4v) is 5.00. The minimum atomic E-state index is 0. The van der Waals surface area contributed by atoms with Crippen molar-refractivity contribution in [2.75, 3.05) is 26.2 Å². The van der Waals surface area contributed by atoms with Crippen molar-refractivity contribution in [3.8, 4) is 22.6 Å². The van der Waals surface area contributed by atoms with Gasteiger partial charge in [0, 0.05) is 72.0 Å². The zero-order valence-corrected chi connectivity index (χ0v) is 20.4. The Bertz CT molecular complexity index is 1410. The van der Waals surface area contributed by atoms with Gasteiger partial charge in [0.05, 0.1) is 12.7 Å². The molecule has 0 atom stereocenters. The molecule has 3 aromatic heterocycles. The van der Waals surface area contributed by atoms with E-state index < -0.39 is 0 Å². The third kappa shape index (κ3) is 4.13. The second kappa shape index (κ2) is 9.29.